The summed E-state index contributed by atoms with van der Waals surface area (Å²) < 4.78 is 21.7. The van der Waals surface area contributed by atoms with Crippen LogP contribution in [0.25, 0.3) is 10.8 Å². The molecule has 2 saturated heterocycles. The maximum atomic E-state index is 14.5. The summed E-state index contributed by atoms with van der Waals surface area (Å²) >= 11 is 0. The number of carbonyl (C=O) groups is 1. The van der Waals surface area contributed by atoms with Crippen LogP contribution >= 0.6 is 0 Å². The lowest BCUT2D eigenvalue weighted by Crippen LogP contribution is -2.59. The van der Waals surface area contributed by atoms with E-state index in [0.717, 1.165) is 42.5 Å². The SMILES string of the molecule is Cc1cc2cnc(NC(=O)[C@@H]3[C@@H](C)[C@H]3c3cnn(C)c3)cc2cc1N1CCN([C@@]2(C)COC[C@H]2F)CC1. The molecule has 2 aliphatic heterocycles. The highest BCUT2D eigenvalue weighted by molar-refractivity contribution is 5.97. The monoisotopic (exact) mass is 506 g/mol. The van der Waals surface area contributed by atoms with E-state index in [1.807, 2.05) is 38.6 Å². The van der Waals surface area contributed by atoms with Gasteiger partial charge in [-0.3, -0.25) is 14.4 Å². The minimum absolute atomic E-state index is 0.00668. The average Bonchev–Trinajstić information content (AvgIpc) is 3.15. The molecule has 1 amide bonds. The van der Waals surface area contributed by atoms with Crippen LogP contribution in [0.15, 0.2) is 36.8 Å². The normalized spacial score (nSPS) is 30.1. The van der Waals surface area contributed by atoms with E-state index in [1.54, 1.807) is 4.68 Å². The van der Waals surface area contributed by atoms with Crippen molar-refractivity contribution >= 4 is 28.2 Å². The fraction of sp³-hybridized carbons (Fsp3) is 0.536. The second-order valence-electron chi connectivity index (χ2n) is 11.2. The molecule has 6 rings (SSSR count). The Balaban J connectivity index is 1.16. The van der Waals surface area contributed by atoms with Gasteiger partial charge in [-0.1, -0.05) is 6.92 Å². The number of halogens is 1. The molecule has 1 saturated carbocycles. The van der Waals surface area contributed by atoms with Crippen molar-refractivity contribution < 1.29 is 13.9 Å². The molecule has 0 radical (unpaired) electrons. The van der Waals surface area contributed by atoms with Crippen molar-refractivity contribution in [2.45, 2.75) is 38.4 Å². The Kier molecular flexibility index (Phi) is 5.95. The Morgan fingerprint density at radius 1 is 1.16 bits per heavy atom. The summed E-state index contributed by atoms with van der Waals surface area (Å²) in [5.74, 6) is 0.996. The predicted octanol–water partition coefficient (Wildman–Crippen LogP) is 3.51. The summed E-state index contributed by atoms with van der Waals surface area (Å²) in [7, 11) is 1.89. The second-order valence-corrected chi connectivity index (χ2v) is 11.2. The van der Waals surface area contributed by atoms with Crippen LogP contribution in [0, 0.1) is 18.8 Å². The van der Waals surface area contributed by atoms with Crippen molar-refractivity contribution in [3.8, 4) is 0 Å². The Morgan fingerprint density at radius 2 is 1.95 bits per heavy atom. The van der Waals surface area contributed by atoms with Crippen molar-refractivity contribution in [1.29, 1.82) is 0 Å². The van der Waals surface area contributed by atoms with Crippen LogP contribution in [-0.2, 0) is 16.6 Å². The minimum atomic E-state index is -0.944. The number of hydrogen-bond donors (Lipinski definition) is 1. The van der Waals surface area contributed by atoms with Crippen molar-refractivity contribution in [2.24, 2.45) is 18.9 Å². The van der Waals surface area contributed by atoms with Gasteiger partial charge in [-0.25, -0.2) is 9.37 Å². The maximum Gasteiger partial charge on any atom is 0.229 e. The fourth-order valence-corrected chi connectivity index (χ4v) is 6.29. The highest BCUT2D eigenvalue weighted by atomic mass is 19.1. The lowest BCUT2D eigenvalue weighted by atomic mass is 9.96. The first-order valence-electron chi connectivity index (χ1n) is 13.2. The molecule has 0 unspecified atom stereocenters. The molecule has 3 fully saturated rings. The van der Waals surface area contributed by atoms with Crippen molar-refractivity contribution in [1.82, 2.24) is 19.7 Å². The first kappa shape index (κ1) is 24.3. The van der Waals surface area contributed by atoms with Gasteiger partial charge in [0, 0.05) is 68.5 Å². The number of rotatable bonds is 5. The van der Waals surface area contributed by atoms with Gasteiger partial charge in [-0.2, -0.15) is 5.10 Å². The summed E-state index contributed by atoms with van der Waals surface area (Å²) in [4.78, 5) is 22.2. The van der Waals surface area contributed by atoms with E-state index in [9.17, 15) is 9.18 Å². The number of hydrogen-bond acceptors (Lipinski definition) is 6. The number of ether oxygens (including phenoxy) is 1. The Hall–Kier alpha value is -3.04. The number of alkyl halides is 1. The average molecular weight is 507 g/mol. The molecule has 37 heavy (non-hydrogen) atoms. The number of anilines is 2. The van der Waals surface area contributed by atoms with Crippen LogP contribution in [0.3, 0.4) is 0 Å². The van der Waals surface area contributed by atoms with Gasteiger partial charge in [0.2, 0.25) is 5.91 Å². The molecular weight excluding hydrogens is 471 g/mol. The first-order chi connectivity index (χ1) is 17.7. The molecule has 0 spiro atoms. The number of aromatic nitrogens is 3. The standard InChI is InChI=1S/C28H35FN6O2/c1-17-9-20-12-30-24(32-27(36)26-18(2)25(26)21-13-31-33(4)14-21)11-19(20)10-22(17)34-5-7-35(8-6-34)28(3)16-37-15-23(28)29/h9-14,18,23,25-26H,5-8,15-16H2,1-4H3,(H,30,32,36)/t18-,23+,25-,26+,28-/m0/s1. The van der Waals surface area contributed by atoms with Crippen molar-refractivity contribution in [3.63, 3.8) is 0 Å². The van der Waals surface area contributed by atoms with Gasteiger partial charge >= 0.3 is 0 Å². The summed E-state index contributed by atoms with van der Waals surface area (Å²) in [6.45, 7) is 10.1. The van der Waals surface area contributed by atoms with Crippen molar-refractivity contribution in [3.05, 3.63) is 47.9 Å². The molecule has 3 aliphatic rings. The predicted molar refractivity (Wildman–Crippen MR) is 142 cm³/mol. The smallest absolute Gasteiger partial charge is 0.229 e. The summed E-state index contributed by atoms with van der Waals surface area (Å²) in [6.07, 6.45) is 4.73. The van der Waals surface area contributed by atoms with Gasteiger partial charge in [-0.05, 0) is 54.5 Å². The molecule has 2 aromatic heterocycles. The third kappa shape index (κ3) is 4.28. The number of aryl methyl sites for hydroxylation is 2. The van der Waals surface area contributed by atoms with E-state index >= 15 is 0 Å². The summed E-state index contributed by atoms with van der Waals surface area (Å²) in [5.41, 5.74) is 2.94. The van der Waals surface area contributed by atoms with Gasteiger partial charge in [-0.15, -0.1) is 0 Å². The Bertz CT molecular complexity index is 1340. The Labute approximate surface area is 216 Å². The largest absolute Gasteiger partial charge is 0.376 e. The number of benzene rings is 1. The van der Waals surface area contributed by atoms with Crippen molar-refractivity contribution in [2.75, 3.05) is 49.6 Å². The van der Waals surface area contributed by atoms with Gasteiger partial charge in [0.25, 0.3) is 0 Å². The van der Waals surface area contributed by atoms with E-state index in [1.165, 1.54) is 11.3 Å². The molecule has 196 valence electrons. The molecule has 8 nitrogen and oxygen atoms in total. The molecule has 0 bridgehead atoms. The molecular formula is C28H35FN6O2. The highest BCUT2D eigenvalue weighted by Gasteiger charge is 2.53. The zero-order valence-electron chi connectivity index (χ0n) is 21.9. The van der Waals surface area contributed by atoms with E-state index in [4.69, 9.17) is 4.74 Å². The number of nitrogens with one attached hydrogen (secondary N) is 1. The van der Waals surface area contributed by atoms with Crippen LogP contribution in [0.4, 0.5) is 15.9 Å². The number of carbonyl (C=O) groups excluding carboxylic acids is 1. The molecule has 9 heteroatoms. The van der Waals surface area contributed by atoms with E-state index in [2.05, 4.69) is 51.2 Å². The lowest BCUT2D eigenvalue weighted by Gasteiger charge is -2.45. The van der Waals surface area contributed by atoms with E-state index in [-0.39, 0.29) is 30.3 Å². The topological polar surface area (TPSA) is 75.5 Å². The quantitative estimate of drug-likeness (QED) is 0.571. The molecule has 5 atom stereocenters. The lowest BCUT2D eigenvalue weighted by molar-refractivity contribution is -0.117. The van der Waals surface area contributed by atoms with E-state index in [0.29, 0.717) is 12.4 Å². The molecule has 1 aromatic carbocycles. The third-order valence-corrected chi connectivity index (χ3v) is 8.76. The number of piperazine rings is 1. The molecule has 1 N–H and O–H groups in total. The van der Waals surface area contributed by atoms with E-state index < -0.39 is 11.7 Å². The van der Waals surface area contributed by atoms with Crippen LogP contribution in [0.5, 0.6) is 0 Å². The van der Waals surface area contributed by atoms with Crippen LogP contribution in [-0.4, -0.2) is 76.7 Å². The molecule has 3 aromatic rings. The highest BCUT2D eigenvalue weighted by Crippen LogP contribution is 2.54. The van der Waals surface area contributed by atoms with Crippen LogP contribution in [0.1, 0.15) is 30.9 Å². The summed E-state index contributed by atoms with van der Waals surface area (Å²) in [5, 5.41) is 9.39. The van der Waals surface area contributed by atoms with Crippen LogP contribution in [0.2, 0.25) is 0 Å². The summed E-state index contributed by atoms with van der Waals surface area (Å²) in [6, 6.07) is 6.30. The number of amides is 1. The number of pyridine rings is 1. The second kappa shape index (κ2) is 9.06. The molecule has 4 heterocycles. The van der Waals surface area contributed by atoms with Crippen LogP contribution < -0.4 is 10.2 Å². The zero-order valence-corrected chi connectivity index (χ0v) is 21.9. The maximum absolute atomic E-state index is 14.5. The zero-order chi connectivity index (χ0) is 25.9. The third-order valence-electron chi connectivity index (χ3n) is 8.76. The van der Waals surface area contributed by atoms with Gasteiger partial charge < -0.3 is 15.0 Å². The Morgan fingerprint density at radius 3 is 2.62 bits per heavy atom. The number of nitrogens with zero attached hydrogens (tertiary/aromatic N) is 5. The minimum Gasteiger partial charge on any atom is -0.376 e. The first-order valence-corrected chi connectivity index (χ1v) is 13.2. The van der Waals surface area contributed by atoms with Gasteiger partial charge in [0.15, 0.2) is 0 Å². The number of fused-ring (bicyclic) bond motifs is 1. The van der Waals surface area contributed by atoms with Gasteiger partial charge in [0.05, 0.1) is 24.9 Å². The molecule has 1 aliphatic carbocycles. The van der Waals surface area contributed by atoms with Gasteiger partial charge in [0.1, 0.15) is 12.0 Å². The fourth-order valence-electron chi connectivity index (χ4n) is 6.29.